The lowest BCUT2D eigenvalue weighted by molar-refractivity contribution is -0.121. The molecule has 0 aromatic heterocycles. The lowest BCUT2D eigenvalue weighted by atomic mass is 9.98. The van der Waals surface area contributed by atoms with E-state index in [0.29, 0.717) is 27.3 Å². The molecule has 2 amide bonds. The SMILES string of the molecule is C=c1c(NN)ccc2c1=C(/C=C\C)C(=O)N(C)C2=O. The molecule has 19 heavy (non-hydrogen) atoms. The van der Waals surface area contributed by atoms with Crippen molar-refractivity contribution in [1.82, 2.24) is 4.90 Å². The summed E-state index contributed by atoms with van der Waals surface area (Å²) in [5, 5.41) is 1.09. The van der Waals surface area contributed by atoms with Gasteiger partial charge in [-0.25, -0.2) is 0 Å². The smallest absolute Gasteiger partial charge is 0.261 e. The second-order valence-corrected chi connectivity index (χ2v) is 4.24. The second kappa shape index (κ2) is 4.70. The van der Waals surface area contributed by atoms with Crippen LogP contribution in [-0.4, -0.2) is 23.8 Å². The first-order valence-electron chi connectivity index (χ1n) is 5.80. The van der Waals surface area contributed by atoms with Gasteiger partial charge in [-0.2, -0.15) is 0 Å². The fraction of sp³-hybridized carbons (Fsp3) is 0.143. The molecule has 0 atom stereocenters. The third-order valence-corrected chi connectivity index (χ3v) is 3.14. The minimum absolute atomic E-state index is 0.332. The summed E-state index contributed by atoms with van der Waals surface area (Å²) in [6, 6.07) is 3.32. The van der Waals surface area contributed by atoms with Gasteiger partial charge in [-0.15, -0.1) is 0 Å². The van der Waals surface area contributed by atoms with Crippen LogP contribution >= 0.6 is 0 Å². The molecule has 1 aromatic rings. The zero-order chi connectivity index (χ0) is 14.2. The molecule has 0 radical (unpaired) electrons. The monoisotopic (exact) mass is 257 g/mol. The van der Waals surface area contributed by atoms with Crippen LogP contribution in [0.3, 0.4) is 0 Å². The molecular weight excluding hydrogens is 242 g/mol. The highest BCUT2D eigenvalue weighted by molar-refractivity contribution is 6.26. The van der Waals surface area contributed by atoms with Crippen molar-refractivity contribution in [3.05, 3.63) is 40.3 Å². The normalized spacial score (nSPS) is 15.1. The number of imide groups is 1. The first-order chi connectivity index (χ1) is 9.02. The van der Waals surface area contributed by atoms with Crippen LogP contribution in [-0.2, 0) is 4.79 Å². The van der Waals surface area contributed by atoms with Gasteiger partial charge in [0.2, 0.25) is 0 Å². The van der Waals surface area contributed by atoms with Crippen molar-refractivity contribution in [3.63, 3.8) is 0 Å². The van der Waals surface area contributed by atoms with Gasteiger partial charge in [0.05, 0.1) is 5.69 Å². The van der Waals surface area contributed by atoms with E-state index in [1.807, 2.05) is 6.92 Å². The molecule has 1 aliphatic heterocycles. The van der Waals surface area contributed by atoms with Gasteiger partial charge in [0.25, 0.3) is 11.8 Å². The number of benzene rings is 1. The van der Waals surface area contributed by atoms with E-state index >= 15 is 0 Å². The maximum atomic E-state index is 12.2. The molecule has 1 aromatic carbocycles. The summed E-state index contributed by atoms with van der Waals surface area (Å²) < 4.78 is 0. The van der Waals surface area contributed by atoms with Crippen LogP contribution in [0.4, 0.5) is 5.69 Å². The zero-order valence-electron chi connectivity index (χ0n) is 10.9. The maximum Gasteiger partial charge on any atom is 0.261 e. The van der Waals surface area contributed by atoms with Crippen molar-refractivity contribution in [2.24, 2.45) is 5.84 Å². The van der Waals surface area contributed by atoms with E-state index in [-0.39, 0.29) is 11.8 Å². The van der Waals surface area contributed by atoms with Crippen molar-refractivity contribution in [1.29, 1.82) is 0 Å². The maximum absolute atomic E-state index is 12.2. The molecule has 1 heterocycles. The molecular formula is C14H15N3O2. The lowest BCUT2D eigenvalue weighted by Gasteiger charge is -2.22. The number of hydrazine groups is 1. The number of nitrogen functional groups attached to an aromatic ring is 1. The van der Waals surface area contributed by atoms with E-state index in [1.54, 1.807) is 24.3 Å². The van der Waals surface area contributed by atoms with Crippen LogP contribution in [0, 0.1) is 0 Å². The topological polar surface area (TPSA) is 75.4 Å². The van der Waals surface area contributed by atoms with Crippen molar-refractivity contribution in [2.45, 2.75) is 6.92 Å². The molecule has 0 aliphatic carbocycles. The fourth-order valence-electron chi connectivity index (χ4n) is 2.15. The van der Waals surface area contributed by atoms with Gasteiger partial charge in [-0.1, -0.05) is 18.7 Å². The van der Waals surface area contributed by atoms with Gasteiger partial charge in [0.1, 0.15) is 0 Å². The molecule has 0 saturated carbocycles. The van der Waals surface area contributed by atoms with Gasteiger partial charge in [-0.05, 0) is 19.1 Å². The summed E-state index contributed by atoms with van der Waals surface area (Å²) in [6.07, 6.45) is 3.43. The Hall–Kier alpha value is -2.40. The van der Waals surface area contributed by atoms with E-state index in [2.05, 4.69) is 12.0 Å². The average molecular weight is 257 g/mol. The summed E-state index contributed by atoms with van der Waals surface area (Å²) in [6.45, 7) is 5.72. The molecule has 98 valence electrons. The number of carbonyl (C=O) groups is 2. The summed E-state index contributed by atoms with van der Waals surface area (Å²) in [5.41, 5.74) is 4.01. The Balaban J connectivity index is 3.00. The Bertz CT molecular complexity index is 704. The first kappa shape index (κ1) is 13.0. The number of allylic oxidation sites excluding steroid dienone is 1. The molecule has 0 saturated heterocycles. The predicted molar refractivity (Wildman–Crippen MR) is 74.3 cm³/mol. The van der Waals surface area contributed by atoms with Gasteiger partial charge in [0, 0.05) is 28.6 Å². The Morgan fingerprint density at radius 1 is 1.32 bits per heavy atom. The summed E-state index contributed by atoms with van der Waals surface area (Å²) in [4.78, 5) is 25.4. The van der Waals surface area contributed by atoms with Crippen LogP contribution < -0.4 is 21.7 Å². The number of hydrogen-bond donors (Lipinski definition) is 2. The number of nitrogens with one attached hydrogen (secondary N) is 1. The second-order valence-electron chi connectivity index (χ2n) is 4.24. The largest absolute Gasteiger partial charge is 0.324 e. The van der Waals surface area contributed by atoms with E-state index in [4.69, 9.17) is 5.84 Å². The van der Waals surface area contributed by atoms with Gasteiger partial charge in [0.15, 0.2) is 0 Å². The number of carbonyl (C=O) groups excluding carboxylic acids is 2. The number of amides is 2. The highest BCUT2D eigenvalue weighted by Gasteiger charge is 2.28. The van der Waals surface area contributed by atoms with Gasteiger partial charge in [-0.3, -0.25) is 20.3 Å². The van der Waals surface area contributed by atoms with Crippen LogP contribution in [0.1, 0.15) is 17.3 Å². The summed E-state index contributed by atoms with van der Waals surface area (Å²) >= 11 is 0. The molecule has 2 rings (SSSR count). The highest BCUT2D eigenvalue weighted by Crippen LogP contribution is 2.12. The van der Waals surface area contributed by atoms with E-state index < -0.39 is 0 Å². The number of rotatable bonds is 2. The average Bonchev–Trinajstić information content (AvgIpc) is 2.41. The summed E-state index contributed by atoms with van der Waals surface area (Å²) in [7, 11) is 1.47. The third-order valence-electron chi connectivity index (χ3n) is 3.14. The zero-order valence-corrected chi connectivity index (χ0v) is 10.9. The minimum Gasteiger partial charge on any atom is -0.324 e. The van der Waals surface area contributed by atoms with Crippen molar-refractivity contribution in [3.8, 4) is 0 Å². The van der Waals surface area contributed by atoms with E-state index in [0.717, 1.165) is 4.90 Å². The molecule has 0 unspecified atom stereocenters. The van der Waals surface area contributed by atoms with E-state index in [1.165, 1.54) is 7.05 Å². The predicted octanol–water partition coefficient (Wildman–Crippen LogP) is -0.278. The quantitative estimate of drug-likeness (QED) is 0.434. The number of nitrogens with zero attached hydrogens (tertiary/aromatic N) is 1. The molecule has 5 heteroatoms. The number of fused-ring (bicyclic) bond motifs is 1. The molecule has 0 spiro atoms. The number of hydrogen-bond acceptors (Lipinski definition) is 4. The Morgan fingerprint density at radius 2 is 2.00 bits per heavy atom. The number of nitrogens with two attached hydrogens (primary N) is 1. The molecule has 3 N–H and O–H groups in total. The van der Waals surface area contributed by atoms with Crippen molar-refractivity contribution in [2.75, 3.05) is 12.5 Å². The van der Waals surface area contributed by atoms with Crippen molar-refractivity contribution < 1.29 is 9.59 Å². The molecule has 1 aliphatic rings. The van der Waals surface area contributed by atoms with Crippen LogP contribution in [0.25, 0.3) is 12.2 Å². The van der Waals surface area contributed by atoms with Crippen molar-refractivity contribution >= 4 is 29.7 Å². The van der Waals surface area contributed by atoms with Crippen LogP contribution in [0.5, 0.6) is 0 Å². The molecule has 0 fully saturated rings. The Kier molecular flexibility index (Phi) is 3.23. The number of anilines is 1. The summed E-state index contributed by atoms with van der Waals surface area (Å²) in [5.74, 6) is 4.73. The van der Waals surface area contributed by atoms with E-state index in [9.17, 15) is 9.59 Å². The Labute approximate surface area is 110 Å². The van der Waals surface area contributed by atoms with Gasteiger partial charge < -0.3 is 5.43 Å². The highest BCUT2D eigenvalue weighted by atomic mass is 16.2. The Morgan fingerprint density at radius 3 is 2.58 bits per heavy atom. The third kappa shape index (κ3) is 1.84. The van der Waals surface area contributed by atoms with Crippen LogP contribution in [0.15, 0.2) is 24.3 Å². The van der Waals surface area contributed by atoms with Crippen LogP contribution in [0.2, 0.25) is 0 Å². The first-order valence-corrected chi connectivity index (χ1v) is 5.80. The minimum atomic E-state index is -0.338. The lowest BCUT2D eigenvalue weighted by Crippen LogP contribution is -2.48. The van der Waals surface area contributed by atoms with Gasteiger partial charge >= 0.3 is 0 Å². The fourth-order valence-corrected chi connectivity index (χ4v) is 2.15. The molecule has 0 bridgehead atoms. The standard InChI is InChI=1S/C14H15N3O2/c1-4-5-9-12-8(2)11(16-15)7-6-10(12)14(19)17(3)13(9)18/h4-7,16H,2,15H2,1,3H3/b5-4-. The molecule has 5 nitrogen and oxygen atoms in total.